The lowest BCUT2D eigenvalue weighted by Gasteiger charge is -2.09. The second-order valence-electron chi connectivity index (χ2n) is 9.61. The number of nitrogens with two attached hydrogens (primary N) is 1. The van der Waals surface area contributed by atoms with Gasteiger partial charge in [0, 0.05) is 16.5 Å². The van der Waals surface area contributed by atoms with Crippen molar-refractivity contribution in [1.29, 1.82) is 0 Å². The van der Waals surface area contributed by atoms with E-state index in [1.165, 1.54) is 84.3 Å². The molecule has 4 heteroatoms. The van der Waals surface area contributed by atoms with E-state index in [9.17, 15) is 4.79 Å². The molecule has 0 saturated carbocycles. The SMILES string of the molecule is CCCCCCc1ccc2c(c1)c1cc(CCCCCC)ccc1n2-c1ccc(C(=O)ON)cc1. The minimum Gasteiger partial charge on any atom is -0.370 e. The van der Waals surface area contributed by atoms with Gasteiger partial charge in [0.25, 0.3) is 0 Å². The number of carbonyl (C=O) groups is 1. The third kappa shape index (κ3) is 5.76. The average molecular weight is 471 g/mol. The maximum atomic E-state index is 11.8. The van der Waals surface area contributed by atoms with E-state index in [0.717, 1.165) is 18.5 Å². The number of aromatic nitrogens is 1. The van der Waals surface area contributed by atoms with Crippen molar-refractivity contribution in [3.8, 4) is 5.69 Å². The quantitative estimate of drug-likeness (QED) is 0.168. The van der Waals surface area contributed by atoms with Crippen LogP contribution in [-0.4, -0.2) is 10.5 Å². The summed E-state index contributed by atoms with van der Waals surface area (Å²) in [6, 6.07) is 21.3. The van der Waals surface area contributed by atoms with E-state index >= 15 is 0 Å². The summed E-state index contributed by atoms with van der Waals surface area (Å²) in [5.74, 6) is 4.53. The van der Waals surface area contributed by atoms with Gasteiger partial charge in [-0.15, -0.1) is 0 Å². The van der Waals surface area contributed by atoms with Gasteiger partial charge in [-0.1, -0.05) is 64.5 Å². The highest BCUT2D eigenvalue weighted by molar-refractivity contribution is 6.09. The monoisotopic (exact) mass is 470 g/mol. The first-order chi connectivity index (χ1) is 17.2. The summed E-state index contributed by atoms with van der Waals surface area (Å²) in [5.41, 5.74) is 6.65. The van der Waals surface area contributed by atoms with E-state index in [4.69, 9.17) is 5.90 Å². The normalized spacial score (nSPS) is 11.4. The number of hydrogen-bond donors (Lipinski definition) is 1. The zero-order valence-electron chi connectivity index (χ0n) is 21.2. The fraction of sp³-hybridized carbons (Fsp3) is 0.387. The number of aryl methyl sites for hydroxylation is 2. The molecule has 0 atom stereocenters. The van der Waals surface area contributed by atoms with Crippen molar-refractivity contribution in [3.05, 3.63) is 77.4 Å². The summed E-state index contributed by atoms with van der Waals surface area (Å²) >= 11 is 0. The first-order valence-electron chi connectivity index (χ1n) is 13.2. The molecule has 0 spiro atoms. The second kappa shape index (κ2) is 12.0. The molecule has 0 bridgehead atoms. The minimum atomic E-state index is -0.529. The Morgan fingerprint density at radius 3 is 1.69 bits per heavy atom. The highest BCUT2D eigenvalue weighted by Gasteiger charge is 2.14. The molecule has 1 aromatic heterocycles. The first kappa shape index (κ1) is 25.0. The van der Waals surface area contributed by atoms with Crippen LogP contribution in [0.3, 0.4) is 0 Å². The Kier molecular flexibility index (Phi) is 8.59. The van der Waals surface area contributed by atoms with Crippen LogP contribution in [0.1, 0.15) is 86.7 Å². The molecule has 2 N–H and O–H groups in total. The van der Waals surface area contributed by atoms with Gasteiger partial charge in [-0.25, -0.2) is 4.79 Å². The molecule has 0 amide bonds. The molecule has 0 saturated heterocycles. The zero-order valence-corrected chi connectivity index (χ0v) is 21.2. The third-order valence-corrected chi connectivity index (χ3v) is 7.00. The molecule has 4 aromatic rings. The van der Waals surface area contributed by atoms with Gasteiger partial charge in [0.05, 0.1) is 16.6 Å². The number of unbranched alkanes of at least 4 members (excludes halogenated alkanes) is 6. The standard InChI is InChI=1S/C31H38N2O2/c1-3-5-7-9-11-23-13-19-29-27(21-23)28-22-24(12-10-8-6-4-2)14-20-30(28)33(29)26-17-15-25(16-18-26)31(34)35-32/h13-22H,3-12,32H2,1-2H3. The minimum absolute atomic E-state index is 0.445. The predicted octanol–water partition coefficient (Wildman–Crippen LogP) is 8.06. The lowest BCUT2D eigenvalue weighted by molar-refractivity contribution is 0.0503. The van der Waals surface area contributed by atoms with E-state index in [2.05, 4.69) is 59.7 Å². The van der Waals surface area contributed by atoms with Crippen LogP contribution in [-0.2, 0) is 17.7 Å². The maximum Gasteiger partial charge on any atom is 0.356 e. The Morgan fingerprint density at radius 2 is 1.23 bits per heavy atom. The Hall–Kier alpha value is -3.11. The van der Waals surface area contributed by atoms with Crippen LogP contribution in [0.25, 0.3) is 27.5 Å². The van der Waals surface area contributed by atoms with Gasteiger partial charge in [-0.05, 0) is 85.3 Å². The second-order valence-corrected chi connectivity index (χ2v) is 9.61. The summed E-state index contributed by atoms with van der Waals surface area (Å²) in [6.07, 6.45) is 12.4. The van der Waals surface area contributed by atoms with Crippen molar-refractivity contribution in [2.45, 2.75) is 78.1 Å². The molecule has 1 heterocycles. The first-order valence-corrected chi connectivity index (χ1v) is 13.2. The Balaban J connectivity index is 1.76. The van der Waals surface area contributed by atoms with Crippen molar-refractivity contribution in [2.24, 2.45) is 5.90 Å². The number of fused-ring (bicyclic) bond motifs is 3. The number of rotatable bonds is 12. The topological polar surface area (TPSA) is 57.2 Å². The van der Waals surface area contributed by atoms with E-state index in [1.54, 1.807) is 12.1 Å². The lowest BCUT2D eigenvalue weighted by atomic mass is 10.0. The van der Waals surface area contributed by atoms with Gasteiger partial charge in [0.1, 0.15) is 0 Å². The van der Waals surface area contributed by atoms with Crippen LogP contribution >= 0.6 is 0 Å². The van der Waals surface area contributed by atoms with Gasteiger partial charge in [-0.3, -0.25) is 0 Å². The van der Waals surface area contributed by atoms with Gasteiger partial charge >= 0.3 is 5.97 Å². The van der Waals surface area contributed by atoms with Crippen molar-refractivity contribution < 1.29 is 9.63 Å². The van der Waals surface area contributed by atoms with Crippen molar-refractivity contribution in [1.82, 2.24) is 4.57 Å². The van der Waals surface area contributed by atoms with E-state index in [-0.39, 0.29) is 0 Å². The Bertz CT molecular complexity index is 1200. The van der Waals surface area contributed by atoms with Crippen LogP contribution in [0.2, 0.25) is 0 Å². The van der Waals surface area contributed by atoms with Gasteiger partial charge < -0.3 is 9.40 Å². The van der Waals surface area contributed by atoms with Crippen LogP contribution in [0.15, 0.2) is 60.7 Å². The van der Waals surface area contributed by atoms with Gasteiger partial charge in [0.15, 0.2) is 0 Å². The molecule has 4 nitrogen and oxygen atoms in total. The summed E-state index contributed by atoms with van der Waals surface area (Å²) in [7, 11) is 0. The average Bonchev–Trinajstić information content (AvgIpc) is 3.22. The van der Waals surface area contributed by atoms with Crippen LogP contribution in [0, 0.1) is 0 Å². The Morgan fingerprint density at radius 1 is 0.714 bits per heavy atom. The fourth-order valence-electron chi connectivity index (χ4n) is 5.03. The highest BCUT2D eigenvalue weighted by atomic mass is 16.7. The van der Waals surface area contributed by atoms with E-state index in [1.807, 2.05) is 12.1 Å². The molecule has 35 heavy (non-hydrogen) atoms. The molecular weight excluding hydrogens is 432 g/mol. The number of benzene rings is 3. The summed E-state index contributed by atoms with van der Waals surface area (Å²) in [5, 5.41) is 2.60. The summed E-state index contributed by atoms with van der Waals surface area (Å²) in [6.45, 7) is 4.51. The molecule has 184 valence electrons. The number of hydrogen-bond acceptors (Lipinski definition) is 3. The number of nitrogens with zero attached hydrogens (tertiary/aromatic N) is 1. The van der Waals surface area contributed by atoms with E-state index in [0.29, 0.717) is 5.56 Å². The predicted molar refractivity (Wildman–Crippen MR) is 146 cm³/mol. The van der Waals surface area contributed by atoms with Crippen molar-refractivity contribution in [3.63, 3.8) is 0 Å². The van der Waals surface area contributed by atoms with E-state index < -0.39 is 5.97 Å². The molecule has 4 rings (SSSR count). The molecule has 3 aromatic carbocycles. The smallest absolute Gasteiger partial charge is 0.356 e. The molecule has 0 aliphatic carbocycles. The molecule has 0 aliphatic heterocycles. The zero-order chi connectivity index (χ0) is 24.6. The maximum absolute atomic E-state index is 11.8. The van der Waals surface area contributed by atoms with Gasteiger partial charge in [0.2, 0.25) is 0 Å². The largest absolute Gasteiger partial charge is 0.370 e. The molecule has 0 unspecified atom stereocenters. The van der Waals surface area contributed by atoms with Crippen molar-refractivity contribution in [2.75, 3.05) is 0 Å². The molecular formula is C31H38N2O2. The summed E-state index contributed by atoms with van der Waals surface area (Å²) in [4.78, 5) is 16.2. The van der Waals surface area contributed by atoms with Crippen LogP contribution in [0.4, 0.5) is 0 Å². The molecule has 0 fully saturated rings. The third-order valence-electron chi connectivity index (χ3n) is 7.00. The lowest BCUT2D eigenvalue weighted by Crippen LogP contribution is -2.10. The molecule has 0 aliphatic rings. The highest BCUT2D eigenvalue weighted by Crippen LogP contribution is 2.34. The van der Waals surface area contributed by atoms with Gasteiger partial charge in [-0.2, -0.15) is 5.90 Å². The fourth-order valence-corrected chi connectivity index (χ4v) is 5.03. The molecule has 0 radical (unpaired) electrons. The summed E-state index contributed by atoms with van der Waals surface area (Å²) < 4.78 is 2.30. The van der Waals surface area contributed by atoms with Crippen LogP contribution in [0.5, 0.6) is 0 Å². The number of carbonyl (C=O) groups excluding carboxylic acids is 1. The van der Waals surface area contributed by atoms with Crippen molar-refractivity contribution >= 4 is 27.8 Å². The Labute approximate surface area is 209 Å². The van der Waals surface area contributed by atoms with Crippen LogP contribution < -0.4 is 5.90 Å².